The van der Waals surface area contributed by atoms with Gasteiger partial charge in [0.1, 0.15) is 0 Å². The molecule has 2 rings (SSSR count). The molecule has 0 nitrogen and oxygen atoms in total. The van der Waals surface area contributed by atoms with E-state index in [0.717, 1.165) is 5.57 Å². The van der Waals surface area contributed by atoms with Gasteiger partial charge in [-0.2, -0.15) is 0 Å². The maximum Gasteiger partial charge on any atom is -0.0109 e. The number of benzene rings is 2. The van der Waals surface area contributed by atoms with E-state index in [0.29, 0.717) is 0 Å². The highest BCUT2D eigenvalue weighted by Crippen LogP contribution is 2.27. The molecule has 0 spiro atoms. The molecular formula is C16H16. The molecule has 0 aromatic heterocycles. The summed E-state index contributed by atoms with van der Waals surface area (Å²) in [7, 11) is 0. The minimum Gasteiger partial charge on any atom is -0.0955 e. The van der Waals surface area contributed by atoms with Gasteiger partial charge in [-0.05, 0) is 30.5 Å². The molecule has 0 saturated carbocycles. The fourth-order valence-electron chi connectivity index (χ4n) is 1.84. The lowest BCUT2D eigenvalue weighted by atomic mass is 9.95. The van der Waals surface area contributed by atoms with E-state index in [4.69, 9.17) is 0 Å². The zero-order valence-electron chi connectivity index (χ0n) is 9.83. The largest absolute Gasteiger partial charge is 0.0955 e. The van der Waals surface area contributed by atoms with Crippen LogP contribution in [0.25, 0.3) is 16.7 Å². The highest BCUT2D eigenvalue weighted by molar-refractivity contribution is 5.79. The Labute approximate surface area is 97.3 Å². The van der Waals surface area contributed by atoms with Gasteiger partial charge in [-0.1, -0.05) is 66.2 Å². The van der Waals surface area contributed by atoms with Crippen molar-refractivity contribution in [3.8, 4) is 11.1 Å². The quantitative estimate of drug-likeness (QED) is 0.671. The lowest BCUT2D eigenvalue weighted by Crippen LogP contribution is -1.86. The second kappa shape index (κ2) is 4.36. The van der Waals surface area contributed by atoms with Gasteiger partial charge in [-0.25, -0.2) is 0 Å². The molecule has 0 aliphatic rings. The molecule has 0 fully saturated rings. The molecule has 0 aliphatic carbocycles. The maximum atomic E-state index is 4.03. The molecule has 0 atom stereocenters. The predicted octanol–water partition coefficient (Wildman–Crippen LogP) is 4.70. The van der Waals surface area contributed by atoms with Crippen molar-refractivity contribution in [3.05, 3.63) is 66.2 Å². The molecule has 80 valence electrons. The van der Waals surface area contributed by atoms with Crippen molar-refractivity contribution in [2.24, 2.45) is 0 Å². The topological polar surface area (TPSA) is 0 Å². The van der Waals surface area contributed by atoms with Crippen molar-refractivity contribution in [2.75, 3.05) is 0 Å². The van der Waals surface area contributed by atoms with Crippen LogP contribution in [0.3, 0.4) is 0 Å². The molecule has 0 saturated heterocycles. The zero-order valence-corrected chi connectivity index (χ0v) is 9.83. The minimum atomic E-state index is 1.11. The van der Waals surface area contributed by atoms with E-state index < -0.39 is 0 Å². The monoisotopic (exact) mass is 208 g/mol. The summed E-state index contributed by atoms with van der Waals surface area (Å²) in [6, 6.07) is 17.0. The fourth-order valence-corrected chi connectivity index (χ4v) is 1.84. The molecule has 0 aliphatic heterocycles. The van der Waals surface area contributed by atoms with E-state index in [1.165, 1.54) is 22.3 Å². The number of hydrogen-bond acceptors (Lipinski definition) is 0. The molecule has 0 heterocycles. The number of allylic oxidation sites excluding steroid dienone is 1. The van der Waals surface area contributed by atoms with Crippen molar-refractivity contribution in [3.63, 3.8) is 0 Å². The first-order valence-electron chi connectivity index (χ1n) is 5.50. The average molecular weight is 208 g/mol. The summed E-state index contributed by atoms with van der Waals surface area (Å²) < 4.78 is 0. The number of aryl methyl sites for hydroxylation is 1. The summed E-state index contributed by atoms with van der Waals surface area (Å²) in [6.45, 7) is 8.18. The normalized spacial score (nSPS) is 10.1. The van der Waals surface area contributed by atoms with Crippen LogP contribution >= 0.6 is 0 Å². The Hall–Kier alpha value is -1.82. The first-order valence-corrected chi connectivity index (χ1v) is 5.50. The SMILES string of the molecule is C=C(C)c1ccccc1-c1ccc(C)cc1. The van der Waals surface area contributed by atoms with Crippen molar-refractivity contribution >= 4 is 5.57 Å². The van der Waals surface area contributed by atoms with Crippen molar-refractivity contribution in [1.29, 1.82) is 0 Å². The third-order valence-corrected chi connectivity index (χ3v) is 2.75. The van der Waals surface area contributed by atoms with Crippen LogP contribution in [0, 0.1) is 6.92 Å². The van der Waals surface area contributed by atoms with E-state index in [1.807, 2.05) is 6.92 Å². The van der Waals surface area contributed by atoms with E-state index in [9.17, 15) is 0 Å². The van der Waals surface area contributed by atoms with Crippen LogP contribution in [0.2, 0.25) is 0 Å². The van der Waals surface area contributed by atoms with Gasteiger partial charge in [-0.3, -0.25) is 0 Å². The van der Waals surface area contributed by atoms with E-state index in [1.54, 1.807) is 0 Å². The molecule has 2 aromatic carbocycles. The van der Waals surface area contributed by atoms with Crippen LogP contribution in [0.4, 0.5) is 0 Å². The van der Waals surface area contributed by atoms with Crippen LogP contribution in [0.1, 0.15) is 18.1 Å². The molecule has 2 aromatic rings. The third-order valence-electron chi connectivity index (χ3n) is 2.75. The first kappa shape index (κ1) is 10.7. The summed E-state index contributed by atoms with van der Waals surface area (Å²) in [5.41, 5.74) is 6.14. The first-order chi connectivity index (χ1) is 7.68. The summed E-state index contributed by atoms with van der Waals surface area (Å²) >= 11 is 0. The zero-order chi connectivity index (χ0) is 11.5. The van der Waals surface area contributed by atoms with Gasteiger partial charge in [-0.15, -0.1) is 0 Å². The summed E-state index contributed by atoms with van der Waals surface area (Å²) in [5, 5.41) is 0. The van der Waals surface area contributed by atoms with Gasteiger partial charge in [0.25, 0.3) is 0 Å². The van der Waals surface area contributed by atoms with Gasteiger partial charge >= 0.3 is 0 Å². The molecule has 0 unspecified atom stereocenters. The average Bonchev–Trinajstić information content (AvgIpc) is 2.30. The smallest absolute Gasteiger partial charge is 0.0109 e. The highest BCUT2D eigenvalue weighted by Gasteiger charge is 2.04. The van der Waals surface area contributed by atoms with Crippen molar-refractivity contribution < 1.29 is 0 Å². The minimum absolute atomic E-state index is 1.11. The second-order valence-corrected chi connectivity index (χ2v) is 4.19. The lowest BCUT2D eigenvalue weighted by Gasteiger charge is -2.09. The Morgan fingerprint density at radius 2 is 1.56 bits per heavy atom. The summed E-state index contributed by atoms with van der Waals surface area (Å²) in [4.78, 5) is 0. The third kappa shape index (κ3) is 2.06. The van der Waals surface area contributed by atoms with Gasteiger partial charge in [0.15, 0.2) is 0 Å². The molecule has 0 amide bonds. The number of rotatable bonds is 2. The summed E-state index contributed by atoms with van der Waals surface area (Å²) in [5.74, 6) is 0. The molecular weight excluding hydrogens is 192 g/mol. The Morgan fingerprint density at radius 1 is 0.938 bits per heavy atom. The molecule has 0 bridgehead atoms. The summed E-state index contributed by atoms with van der Waals surface area (Å²) in [6.07, 6.45) is 0. The highest BCUT2D eigenvalue weighted by atomic mass is 14.1. The molecule has 0 N–H and O–H groups in total. The second-order valence-electron chi connectivity index (χ2n) is 4.19. The predicted molar refractivity (Wildman–Crippen MR) is 71.3 cm³/mol. The fraction of sp³-hybridized carbons (Fsp3) is 0.125. The van der Waals surface area contributed by atoms with E-state index in [-0.39, 0.29) is 0 Å². The van der Waals surface area contributed by atoms with Crippen LogP contribution in [-0.4, -0.2) is 0 Å². The van der Waals surface area contributed by atoms with Gasteiger partial charge in [0, 0.05) is 0 Å². The van der Waals surface area contributed by atoms with Crippen LogP contribution in [-0.2, 0) is 0 Å². The maximum absolute atomic E-state index is 4.03. The molecule has 16 heavy (non-hydrogen) atoms. The van der Waals surface area contributed by atoms with E-state index >= 15 is 0 Å². The van der Waals surface area contributed by atoms with Gasteiger partial charge in [0.2, 0.25) is 0 Å². The Kier molecular flexibility index (Phi) is 2.91. The van der Waals surface area contributed by atoms with Crippen LogP contribution in [0.15, 0.2) is 55.1 Å². The molecule has 0 heteroatoms. The van der Waals surface area contributed by atoms with Crippen LogP contribution < -0.4 is 0 Å². The molecule has 0 radical (unpaired) electrons. The van der Waals surface area contributed by atoms with Crippen LogP contribution in [0.5, 0.6) is 0 Å². The number of hydrogen-bond donors (Lipinski definition) is 0. The van der Waals surface area contributed by atoms with Crippen molar-refractivity contribution in [1.82, 2.24) is 0 Å². The van der Waals surface area contributed by atoms with Gasteiger partial charge < -0.3 is 0 Å². The van der Waals surface area contributed by atoms with Crippen molar-refractivity contribution in [2.45, 2.75) is 13.8 Å². The Bertz CT molecular complexity index is 504. The Morgan fingerprint density at radius 3 is 2.19 bits per heavy atom. The van der Waals surface area contributed by atoms with E-state index in [2.05, 4.69) is 62.0 Å². The standard InChI is InChI=1S/C16H16/c1-12(2)15-6-4-5-7-16(15)14-10-8-13(3)9-11-14/h4-11H,1H2,2-3H3. The Balaban J connectivity index is 2.55. The lowest BCUT2D eigenvalue weighted by molar-refractivity contribution is 1.46. The van der Waals surface area contributed by atoms with Gasteiger partial charge in [0.05, 0.1) is 0 Å².